The average Bonchev–Trinajstić information content (AvgIpc) is 3.40. The molecule has 0 amide bonds. The molecule has 9 nitrogen and oxygen atoms in total. The van der Waals surface area contributed by atoms with Crippen LogP contribution in [0.4, 0.5) is 0 Å². The van der Waals surface area contributed by atoms with E-state index in [0.717, 1.165) is 24.0 Å². The first-order valence-corrected chi connectivity index (χ1v) is 14.0. The SMILES string of the molecule is COC1(c2cncc(OC/C=C\c3nc(-c4ccccc4)c(-c4ccc(S(N)(=O)=O)cc4)o3)c2)CCOCC1. The highest BCUT2D eigenvalue weighted by Crippen LogP contribution is 2.36. The van der Waals surface area contributed by atoms with Gasteiger partial charge in [-0.15, -0.1) is 0 Å². The van der Waals surface area contributed by atoms with Crippen molar-refractivity contribution in [2.75, 3.05) is 26.9 Å². The summed E-state index contributed by atoms with van der Waals surface area (Å²) >= 11 is 0. The normalized spacial score (nSPS) is 15.4. The molecule has 2 aromatic carbocycles. The third-order valence-electron chi connectivity index (χ3n) is 6.67. The number of rotatable bonds is 9. The lowest BCUT2D eigenvalue weighted by Crippen LogP contribution is -2.35. The highest BCUT2D eigenvalue weighted by molar-refractivity contribution is 7.89. The summed E-state index contributed by atoms with van der Waals surface area (Å²) in [6.45, 7) is 1.55. The van der Waals surface area contributed by atoms with Gasteiger partial charge in [-0.2, -0.15) is 0 Å². The number of primary sulfonamides is 1. The Labute approximate surface area is 227 Å². The molecule has 2 N–H and O–H groups in total. The number of oxazole rings is 1. The summed E-state index contributed by atoms with van der Waals surface area (Å²) in [6.07, 6.45) is 8.54. The van der Waals surface area contributed by atoms with E-state index in [-0.39, 0.29) is 11.5 Å². The van der Waals surface area contributed by atoms with Gasteiger partial charge in [0.2, 0.25) is 15.9 Å². The Hall–Kier alpha value is -3.83. The fourth-order valence-corrected chi connectivity index (χ4v) is 5.06. The number of methoxy groups -OCH3 is 1. The average molecular weight is 548 g/mol. The molecule has 0 unspecified atom stereocenters. The van der Waals surface area contributed by atoms with Gasteiger partial charge in [-0.25, -0.2) is 18.5 Å². The molecule has 0 spiro atoms. The monoisotopic (exact) mass is 547 g/mol. The predicted molar refractivity (Wildman–Crippen MR) is 146 cm³/mol. The number of hydrogen-bond acceptors (Lipinski definition) is 8. The van der Waals surface area contributed by atoms with Crippen LogP contribution < -0.4 is 9.88 Å². The molecular weight excluding hydrogens is 518 g/mol. The van der Waals surface area contributed by atoms with Gasteiger partial charge >= 0.3 is 0 Å². The van der Waals surface area contributed by atoms with Crippen LogP contribution in [-0.2, 0) is 25.1 Å². The number of benzene rings is 2. The summed E-state index contributed by atoms with van der Waals surface area (Å²) in [5.41, 5.74) is 2.72. The first-order chi connectivity index (χ1) is 18.9. The molecular formula is C29H29N3O6S. The molecule has 2 aromatic heterocycles. The molecule has 0 aliphatic carbocycles. The van der Waals surface area contributed by atoms with Gasteiger partial charge < -0.3 is 18.6 Å². The maximum atomic E-state index is 11.7. The van der Waals surface area contributed by atoms with E-state index in [9.17, 15) is 8.42 Å². The van der Waals surface area contributed by atoms with Crippen LogP contribution in [0.25, 0.3) is 28.7 Å². The number of nitrogens with two attached hydrogens (primary N) is 1. The molecule has 202 valence electrons. The van der Waals surface area contributed by atoms with Crippen LogP contribution in [-0.4, -0.2) is 45.3 Å². The third-order valence-corrected chi connectivity index (χ3v) is 7.60. The smallest absolute Gasteiger partial charge is 0.238 e. The van der Waals surface area contributed by atoms with Crippen molar-refractivity contribution in [2.24, 2.45) is 5.14 Å². The first-order valence-electron chi connectivity index (χ1n) is 12.5. The molecule has 0 bridgehead atoms. The highest BCUT2D eigenvalue weighted by atomic mass is 32.2. The zero-order chi connectivity index (χ0) is 27.3. The van der Waals surface area contributed by atoms with E-state index < -0.39 is 15.6 Å². The molecule has 0 atom stereocenters. The molecule has 5 rings (SSSR count). The minimum atomic E-state index is -3.80. The van der Waals surface area contributed by atoms with Crippen molar-refractivity contribution in [3.05, 3.63) is 90.6 Å². The number of sulfonamides is 1. The Morgan fingerprint density at radius 1 is 1.03 bits per heavy atom. The molecule has 1 aliphatic rings. The zero-order valence-corrected chi connectivity index (χ0v) is 22.3. The van der Waals surface area contributed by atoms with Crippen LogP contribution in [0.2, 0.25) is 0 Å². The van der Waals surface area contributed by atoms with Crippen LogP contribution in [0.5, 0.6) is 5.75 Å². The second-order valence-electron chi connectivity index (χ2n) is 9.10. The van der Waals surface area contributed by atoms with Gasteiger partial charge in [-0.3, -0.25) is 4.98 Å². The van der Waals surface area contributed by atoms with E-state index in [4.69, 9.17) is 23.8 Å². The Balaban J connectivity index is 1.34. The third kappa shape index (κ3) is 6.10. The molecule has 39 heavy (non-hydrogen) atoms. The number of hydrogen-bond donors (Lipinski definition) is 1. The standard InChI is InChI=1S/C29H29N3O6S/c1-35-29(13-16-36-17-14-29)23-18-24(20-31-19-23)37-15-5-8-26-32-27(21-6-3-2-4-7-21)28(38-26)22-9-11-25(12-10-22)39(30,33)34/h2-12,18-20H,13-17H2,1H3,(H2,30,33,34)/b8-5-. The second kappa shape index (κ2) is 11.5. The Morgan fingerprint density at radius 3 is 2.46 bits per heavy atom. The van der Waals surface area contributed by atoms with Crippen molar-refractivity contribution in [1.82, 2.24) is 9.97 Å². The summed E-state index contributed by atoms with van der Waals surface area (Å²) in [7, 11) is -2.09. The Morgan fingerprint density at radius 2 is 1.77 bits per heavy atom. The molecule has 3 heterocycles. The molecule has 10 heteroatoms. The van der Waals surface area contributed by atoms with Crippen LogP contribution >= 0.6 is 0 Å². The van der Waals surface area contributed by atoms with Crippen molar-refractivity contribution in [2.45, 2.75) is 23.3 Å². The van der Waals surface area contributed by atoms with Gasteiger partial charge in [0.05, 0.1) is 16.7 Å². The first kappa shape index (κ1) is 26.8. The van der Waals surface area contributed by atoms with Crippen molar-refractivity contribution in [1.29, 1.82) is 0 Å². The predicted octanol–water partition coefficient (Wildman–Crippen LogP) is 4.80. The number of aromatic nitrogens is 2. The van der Waals surface area contributed by atoms with Crippen LogP contribution in [0.3, 0.4) is 0 Å². The highest BCUT2D eigenvalue weighted by Gasteiger charge is 2.35. The molecule has 1 fully saturated rings. The van der Waals surface area contributed by atoms with Gasteiger partial charge in [0.1, 0.15) is 18.1 Å². The van der Waals surface area contributed by atoms with Gasteiger partial charge in [0.15, 0.2) is 5.76 Å². The summed E-state index contributed by atoms with van der Waals surface area (Å²) in [5.74, 6) is 1.53. The van der Waals surface area contributed by atoms with E-state index in [1.54, 1.807) is 31.5 Å². The lowest BCUT2D eigenvalue weighted by Gasteiger charge is -2.36. The van der Waals surface area contributed by atoms with Crippen LogP contribution in [0, 0.1) is 0 Å². The van der Waals surface area contributed by atoms with Crippen molar-refractivity contribution in [3.63, 3.8) is 0 Å². The number of nitrogens with zero attached hydrogens (tertiary/aromatic N) is 2. The van der Waals surface area contributed by atoms with Crippen molar-refractivity contribution in [3.8, 4) is 28.3 Å². The summed E-state index contributed by atoms with van der Waals surface area (Å²) in [4.78, 5) is 9.05. The molecule has 1 saturated heterocycles. The molecule has 0 radical (unpaired) electrons. The Kier molecular flexibility index (Phi) is 7.89. The summed E-state index contributed by atoms with van der Waals surface area (Å²) < 4.78 is 46.7. The maximum Gasteiger partial charge on any atom is 0.238 e. The minimum absolute atomic E-state index is 0.0242. The van der Waals surface area contributed by atoms with Gasteiger partial charge in [-0.1, -0.05) is 30.3 Å². The van der Waals surface area contributed by atoms with E-state index in [1.807, 2.05) is 48.7 Å². The number of pyridine rings is 1. The summed E-state index contributed by atoms with van der Waals surface area (Å²) in [5, 5.41) is 5.24. The van der Waals surface area contributed by atoms with Crippen LogP contribution in [0.15, 0.2) is 88.4 Å². The second-order valence-corrected chi connectivity index (χ2v) is 10.7. The maximum absolute atomic E-state index is 11.7. The molecule has 0 saturated carbocycles. The quantitative estimate of drug-likeness (QED) is 0.317. The molecule has 1 aliphatic heterocycles. The topological polar surface area (TPSA) is 127 Å². The van der Waals surface area contributed by atoms with Crippen molar-refractivity contribution >= 4 is 16.1 Å². The fraction of sp³-hybridized carbons (Fsp3) is 0.241. The van der Waals surface area contributed by atoms with E-state index in [2.05, 4.69) is 9.97 Å². The Bertz CT molecular complexity index is 1540. The van der Waals surface area contributed by atoms with E-state index in [1.165, 1.54) is 12.1 Å². The lowest BCUT2D eigenvalue weighted by atomic mass is 9.87. The minimum Gasteiger partial charge on any atom is -0.488 e. The van der Waals surface area contributed by atoms with E-state index in [0.29, 0.717) is 41.9 Å². The van der Waals surface area contributed by atoms with Crippen LogP contribution in [0.1, 0.15) is 24.3 Å². The lowest BCUT2D eigenvalue weighted by molar-refractivity contribution is -0.0950. The van der Waals surface area contributed by atoms with Gasteiger partial charge in [-0.05, 0) is 36.4 Å². The fourth-order valence-electron chi connectivity index (χ4n) is 4.54. The number of ether oxygens (including phenoxy) is 3. The van der Waals surface area contributed by atoms with Gasteiger partial charge in [0, 0.05) is 62.1 Å². The largest absolute Gasteiger partial charge is 0.488 e. The molecule has 4 aromatic rings. The summed E-state index contributed by atoms with van der Waals surface area (Å²) in [6, 6.07) is 17.8. The van der Waals surface area contributed by atoms with E-state index >= 15 is 0 Å². The van der Waals surface area contributed by atoms with Crippen molar-refractivity contribution < 1.29 is 27.0 Å². The van der Waals surface area contributed by atoms with Gasteiger partial charge in [0.25, 0.3) is 0 Å². The zero-order valence-electron chi connectivity index (χ0n) is 21.4.